The Balaban J connectivity index is 2.45. The molecule has 0 saturated carbocycles. The first-order valence-electron chi connectivity index (χ1n) is 4.31. The lowest BCUT2D eigenvalue weighted by Gasteiger charge is -2.10. The molecule has 2 N–H and O–H groups in total. The van der Waals surface area contributed by atoms with E-state index in [0.717, 1.165) is 17.1 Å². The minimum atomic E-state index is 0.124. The van der Waals surface area contributed by atoms with Crippen LogP contribution in [0.3, 0.4) is 0 Å². The van der Waals surface area contributed by atoms with Gasteiger partial charge in [-0.2, -0.15) is 0 Å². The highest BCUT2D eigenvalue weighted by Gasteiger charge is 1.98. The fourth-order valence-corrected chi connectivity index (χ4v) is 1.22. The largest absolute Gasteiger partial charge is 0.395 e. The van der Waals surface area contributed by atoms with Gasteiger partial charge in [0.15, 0.2) is 0 Å². The maximum absolute atomic E-state index is 8.78. The quantitative estimate of drug-likeness (QED) is 0.776. The second-order valence-corrected chi connectivity index (χ2v) is 3.53. The third kappa shape index (κ3) is 3.77. The van der Waals surface area contributed by atoms with Gasteiger partial charge in [-0.15, -0.1) is 0 Å². The lowest BCUT2D eigenvalue weighted by atomic mass is 10.2. The molecule has 0 bridgehead atoms. The molecule has 0 unspecified atom stereocenters. The normalized spacial score (nSPS) is 12.8. The number of aliphatic hydroxyl groups is 1. The van der Waals surface area contributed by atoms with Crippen molar-refractivity contribution in [3.05, 3.63) is 34.9 Å². The van der Waals surface area contributed by atoms with Gasteiger partial charge in [0.2, 0.25) is 0 Å². The Morgan fingerprint density at radius 2 is 2.31 bits per heavy atom. The topological polar surface area (TPSA) is 32.3 Å². The van der Waals surface area contributed by atoms with Crippen LogP contribution in [0.1, 0.15) is 12.5 Å². The number of halogens is 1. The van der Waals surface area contributed by atoms with E-state index in [9.17, 15) is 0 Å². The first-order valence-corrected chi connectivity index (χ1v) is 4.69. The molecule has 0 fully saturated rings. The molecule has 0 amide bonds. The first kappa shape index (κ1) is 10.5. The van der Waals surface area contributed by atoms with E-state index >= 15 is 0 Å². The Morgan fingerprint density at radius 3 is 2.92 bits per heavy atom. The number of hydrogen-bond donors (Lipinski definition) is 2. The van der Waals surface area contributed by atoms with Crippen molar-refractivity contribution in [2.75, 3.05) is 6.61 Å². The highest BCUT2D eigenvalue weighted by Crippen LogP contribution is 2.10. The van der Waals surface area contributed by atoms with Crippen molar-refractivity contribution in [1.82, 2.24) is 5.32 Å². The van der Waals surface area contributed by atoms with Gasteiger partial charge in [0.25, 0.3) is 0 Å². The van der Waals surface area contributed by atoms with E-state index in [2.05, 4.69) is 5.32 Å². The van der Waals surface area contributed by atoms with E-state index < -0.39 is 0 Å². The van der Waals surface area contributed by atoms with Crippen LogP contribution in [0.25, 0.3) is 0 Å². The van der Waals surface area contributed by atoms with Crippen molar-refractivity contribution >= 4 is 11.6 Å². The van der Waals surface area contributed by atoms with Crippen LogP contribution in [0.15, 0.2) is 24.3 Å². The third-order valence-electron chi connectivity index (χ3n) is 1.82. The summed E-state index contributed by atoms with van der Waals surface area (Å²) < 4.78 is 0. The predicted octanol–water partition coefficient (Wildman–Crippen LogP) is 1.81. The average Bonchev–Trinajstić information content (AvgIpc) is 2.14. The smallest absolute Gasteiger partial charge is 0.0582 e. The second kappa shape index (κ2) is 5.22. The van der Waals surface area contributed by atoms with Gasteiger partial charge >= 0.3 is 0 Å². The molecule has 0 spiro atoms. The number of benzene rings is 1. The van der Waals surface area contributed by atoms with Gasteiger partial charge in [-0.3, -0.25) is 0 Å². The van der Waals surface area contributed by atoms with E-state index in [1.807, 2.05) is 31.2 Å². The molecule has 2 nitrogen and oxygen atoms in total. The fourth-order valence-electron chi connectivity index (χ4n) is 1.00. The SMILES string of the molecule is C[C@@H](CO)NCc1cccc(Cl)c1. The highest BCUT2D eigenvalue weighted by atomic mass is 35.5. The maximum Gasteiger partial charge on any atom is 0.0582 e. The summed E-state index contributed by atoms with van der Waals surface area (Å²) in [5.41, 5.74) is 1.13. The highest BCUT2D eigenvalue weighted by molar-refractivity contribution is 6.30. The van der Waals surface area contributed by atoms with E-state index in [1.165, 1.54) is 0 Å². The molecular formula is C10H14ClNO. The molecule has 0 saturated heterocycles. The lowest BCUT2D eigenvalue weighted by molar-refractivity contribution is 0.251. The molecule has 0 aromatic heterocycles. The number of hydrogen-bond acceptors (Lipinski definition) is 2. The van der Waals surface area contributed by atoms with Crippen LogP contribution in [-0.4, -0.2) is 17.8 Å². The van der Waals surface area contributed by atoms with Crippen molar-refractivity contribution in [3.8, 4) is 0 Å². The van der Waals surface area contributed by atoms with E-state index in [4.69, 9.17) is 16.7 Å². The van der Waals surface area contributed by atoms with Gasteiger partial charge in [0.1, 0.15) is 0 Å². The zero-order chi connectivity index (χ0) is 9.68. The van der Waals surface area contributed by atoms with Crippen molar-refractivity contribution < 1.29 is 5.11 Å². The summed E-state index contributed by atoms with van der Waals surface area (Å²) in [5.74, 6) is 0. The van der Waals surface area contributed by atoms with Crippen LogP contribution in [0.4, 0.5) is 0 Å². The summed E-state index contributed by atoms with van der Waals surface area (Å²) in [6.45, 7) is 2.83. The zero-order valence-corrected chi connectivity index (χ0v) is 8.38. The van der Waals surface area contributed by atoms with Gasteiger partial charge in [0, 0.05) is 17.6 Å². The lowest BCUT2D eigenvalue weighted by Crippen LogP contribution is -2.28. The summed E-state index contributed by atoms with van der Waals surface area (Å²) in [6, 6.07) is 7.81. The summed E-state index contributed by atoms with van der Waals surface area (Å²) in [6.07, 6.45) is 0. The zero-order valence-electron chi connectivity index (χ0n) is 7.63. The van der Waals surface area contributed by atoms with Gasteiger partial charge in [-0.05, 0) is 24.6 Å². The summed E-state index contributed by atoms with van der Waals surface area (Å²) in [7, 11) is 0. The van der Waals surface area contributed by atoms with Crippen LogP contribution < -0.4 is 5.32 Å². The molecule has 72 valence electrons. The van der Waals surface area contributed by atoms with Crippen LogP contribution in [0.5, 0.6) is 0 Å². The molecule has 0 aliphatic rings. The number of aliphatic hydroxyl groups excluding tert-OH is 1. The van der Waals surface area contributed by atoms with Gasteiger partial charge < -0.3 is 10.4 Å². The van der Waals surface area contributed by atoms with Crippen LogP contribution in [0, 0.1) is 0 Å². The molecular weight excluding hydrogens is 186 g/mol. The summed E-state index contributed by atoms with van der Waals surface area (Å²) in [5, 5.41) is 12.7. The minimum Gasteiger partial charge on any atom is -0.395 e. The molecule has 0 heterocycles. The standard InChI is InChI=1S/C10H14ClNO/c1-8(7-13)12-6-9-3-2-4-10(11)5-9/h2-5,8,12-13H,6-7H2,1H3/t8-/m0/s1. The fraction of sp³-hybridized carbons (Fsp3) is 0.400. The Kier molecular flexibility index (Phi) is 4.22. The third-order valence-corrected chi connectivity index (χ3v) is 2.05. The molecule has 0 aliphatic carbocycles. The van der Waals surface area contributed by atoms with Crippen LogP contribution >= 0.6 is 11.6 Å². The maximum atomic E-state index is 8.78. The number of nitrogens with one attached hydrogen (secondary N) is 1. The Hall–Kier alpha value is -0.570. The molecule has 1 aromatic carbocycles. The average molecular weight is 200 g/mol. The summed E-state index contributed by atoms with van der Waals surface area (Å²) in [4.78, 5) is 0. The Labute approximate surface area is 83.5 Å². The minimum absolute atomic E-state index is 0.124. The van der Waals surface area contributed by atoms with E-state index in [-0.39, 0.29) is 12.6 Å². The van der Waals surface area contributed by atoms with Crippen molar-refractivity contribution in [1.29, 1.82) is 0 Å². The summed E-state index contributed by atoms with van der Waals surface area (Å²) >= 11 is 5.82. The van der Waals surface area contributed by atoms with Crippen molar-refractivity contribution in [3.63, 3.8) is 0 Å². The Bertz CT molecular complexity index is 265. The molecule has 3 heteroatoms. The molecule has 0 radical (unpaired) electrons. The molecule has 0 aliphatic heterocycles. The van der Waals surface area contributed by atoms with Gasteiger partial charge in [0.05, 0.1) is 6.61 Å². The van der Waals surface area contributed by atoms with Crippen LogP contribution in [0.2, 0.25) is 5.02 Å². The number of rotatable bonds is 4. The Morgan fingerprint density at radius 1 is 1.54 bits per heavy atom. The van der Waals surface area contributed by atoms with Gasteiger partial charge in [-0.25, -0.2) is 0 Å². The second-order valence-electron chi connectivity index (χ2n) is 3.09. The van der Waals surface area contributed by atoms with E-state index in [1.54, 1.807) is 0 Å². The molecule has 13 heavy (non-hydrogen) atoms. The van der Waals surface area contributed by atoms with Crippen LogP contribution in [-0.2, 0) is 6.54 Å². The van der Waals surface area contributed by atoms with Crippen molar-refractivity contribution in [2.24, 2.45) is 0 Å². The monoisotopic (exact) mass is 199 g/mol. The predicted molar refractivity (Wildman–Crippen MR) is 54.8 cm³/mol. The van der Waals surface area contributed by atoms with Crippen molar-refractivity contribution in [2.45, 2.75) is 19.5 Å². The van der Waals surface area contributed by atoms with E-state index in [0.29, 0.717) is 0 Å². The first-order chi connectivity index (χ1) is 6.22. The molecule has 1 atom stereocenters. The molecule has 1 rings (SSSR count). The van der Waals surface area contributed by atoms with Gasteiger partial charge in [-0.1, -0.05) is 23.7 Å². The molecule has 1 aromatic rings.